The number of hydrogen-bond donors (Lipinski definition) is 6. The molecule has 0 bridgehead atoms. The number of carbonyl (C=O) groups is 2. The van der Waals surface area contributed by atoms with Gasteiger partial charge in [-0.05, 0) is 12.8 Å². The number of carboxylic acid groups (broad SMARTS) is 2. The molecule has 1 aliphatic heterocycles. The molecule has 0 unspecified atom stereocenters. The van der Waals surface area contributed by atoms with Crippen LogP contribution in [0.15, 0.2) is 0 Å². The largest absolute Gasteiger partial charge is 2.00 e. The molecule has 0 radical (unpaired) electrons. The number of alkyl halides is 1. The van der Waals surface area contributed by atoms with Crippen molar-refractivity contribution in [3.05, 3.63) is 0 Å². The molecule has 7 atom stereocenters. The van der Waals surface area contributed by atoms with Gasteiger partial charge in [0.2, 0.25) is 0 Å². The van der Waals surface area contributed by atoms with Crippen LogP contribution in [-0.4, -0.2) is 93.2 Å². The van der Waals surface area contributed by atoms with Crippen LogP contribution in [0.4, 0.5) is 0 Å². The van der Waals surface area contributed by atoms with Gasteiger partial charge in [-0.1, -0.05) is 12.8 Å². The standard InChI is InChI=1S/C10H15ClO10.C6H14N2.Pt/c11-10(8(16)17,9(18)19)2-20-7-6(15)5(14)4(13)3(1-12)21-7;7-5-3-1-2-4-6(5)8;/h3-7,12-15H,1-2H2,(H,16,17)(H,18,19);5-6H,1-4,7-8H2;/q;;+2/p-2/t3-,4-,5+,6-,7+;5-,6-;/m11./s1. The van der Waals surface area contributed by atoms with Gasteiger partial charge in [-0.2, -0.15) is 0 Å². The second kappa shape index (κ2) is 13.2. The molecule has 0 spiro atoms. The topological polar surface area (TPSA) is 232 Å². The molecule has 2 fully saturated rings. The van der Waals surface area contributed by atoms with Gasteiger partial charge in [0.05, 0.1) is 25.2 Å². The zero-order chi connectivity index (χ0) is 22.4. The normalized spacial score (nSPS) is 34.2. The Balaban J connectivity index is 0.000000782. The zero-order valence-corrected chi connectivity index (χ0v) is 18.9. The molecule has 1 saturated heterocycles. The Bertz CT molecular complexity index is 534. The molecule has 30 heavy (non-hydrogen) atoms. The maximum absolute atomic E-state index is 10.7. The Morgan fingerprint density at radius 2 is 1.50 bits per heavy atom. The predicted octanol–water partition coefficient (Wildman–Crippen LogP) is -5.51. The van der Waals surface area contributed by atoms with E-state index < -0.39 is 60.7 Å². The van der Waals surface area contributed by atoms with Crippen molar-refractivity contribution in [2.24, 2.45) is 11.5 Å². The van der Waals surface area contributed by atoms with Crippen molar-refractivity contribution in [3.63, 3.8) is 0 Å². The summed E-state index contributed by atoms with van der Waals surface area (Å²) in [6.45, 7) is -1.94. The summed E-state index contributed by atoms with van der Waals surface area (Å²) < 4.78 is 9.57. The average molecular weight is 638 g/mol. The van der Waals surface area contributed by atoms with Gasteiger partial charge in [0, 0.05) is 12.1 Å². The molecule has 1 aliphatic carbocycles. The van der Waals surface area contributed by atoms with Crippen LogP contribution in [0.2, 0.25) is 0 Å². The van der Waals surface area contributed by atoms with Gasteiger partial charge < -0.3 is 61.2 Å². The first-order valence-electron chi connectivity index (χ1n) is 9.00. The van der Waals surface area contributed by atoms with Crippen molar-refractivity contribution < 1.29 is 70.8 Å². The maximum atomic E-state index is 10.7. The summed E-state index contributed by atoms with van der Waals surface area (Å²) in [5.74, 6) is -4.40. The van der Waals surface area contributed by atoms with E-state index in [2.05, 4.69) is 0 Å². The maximum Gasteiger partial charge on any atom is 2.00 e. The Morgan fingerprint density at radius 3 is 1.87 bits per heavy atom. The van der Waals surface area contributed by atoms with E-state index in [4.69, 9.17) is 37.6 Å². The van der Waals surface area contributed by atoms with Gasteiger partial charge in [0.15, 0.2) is 6.29 Å². The number of halogens is 1. The molecule has 14 heteroatoms. The molecule has 0 aromatic carbocycles. The third kappa shape index (κ3) is 7.63. The molecule has 1 saturated carbocycles. The van der Waals surface area contributed by atoms with E-state index in [1.807, 2.05) is 0 Å². The van der Waals surface area contributed by atoms with Crippen LogP contribution in [-0.2, 0) is 40.1 Å². The number of aliphatic carboxylic acids is 2. The van der Waals surface area contributed by atoms with Gasteiger partial charge in [-0.25, -0.2) is 0 Å². The van der Waals surface area contributed by atoms with Crippen molar-refractivity contribution in [1.29, 1.82) is 0 Å². The molecule has 8 N–H and O–H groups in total. The molecule has 1 heterocycles. The summed E-state index contributed by atoms with van der Waals surface area (Å²) in [4.78, 5) is 18.3. The first kappa shape index (κ1) is 29.6. The first-order chi connectivity index (χ1) is 13.5. The molecule has 2 rings (SSSR count). The number of hydrogen-bond acceptors (Lipinski definition) is 12. The molecule has 0 aromatic rings. The summed E-state index contributed by atoms with van der Waals surface area (Å²) in [5, 5.41) is 58.8. The molecule has 2 aliphatic rings. The summed E-state index contributed by atoms with van der Waals surface area (Å²) >= 11 is 5.26. The minimum atomic E-state index is -3.03. The molecule has 0 aromatic heterocycles. The van der Waals surface area contributed by atoms with Crippen LogP contribution in [0.3, 0.4) is 0 Å². The van der Waals surface area contributed by atoms with E-state index in [0.29, 0.717) is 0 Å². The third-order valence-electron chi connectivity index (χ3n) is 4.82. The number of carbonyl (C=O) groups excluding carboxylic acids is 2. The van der Waals surface area contributed by atoms with E-state index in [-0.39, 0.29) is 33.1 Å². The van der Waals surface area contributed by atoms with Crippen LogP contribution in [0.1, 0.15) is 25.7 Å². The second-order valence-corrected chi connectivity index (χ2v) is 7.64. The molecular weight excluding hydrogens is 611 g/mol. The monoisotopic (exact) mass is 637 g/mol. The van der Waals surface area contributed by atoms with E-state index >= 15 is 0 Å². The first-order valence-corrected chi connectivity index (χ1v) is 9.38. The fourth-order valence-electron chi connectivity index (χ4n) is 2.79. The predicted molar refractivity (Wildman–Crippen MR) is 92.7 cm³/mol. The van der Waals surface area contributed by atoms with Crippen LogP contribution in [0.5, 0.6) is 0 Å². The van der Waals surface area contributed by atoms with Gasteiger partial charge in [0.1, 0.15) is 29.3 Å². The minimum absolute atomic E-state index is 0. The van der Waals surface area contributed by atoms with Gasteiger partial charge in [0.25, 0.3) is 0 Å². The summed E-state index contributed by atoms with van der Waals surface area (Å²) in [6.07, 6.45) is -3.47. The Labute approximate surface area is 192 Å². The van der Waals surface area contributed by atoms with E-state index in [1.54, 1.807) is 0 Å². The number of aliphatic hydroxyl groups excluding tert-OH is 4. The van der Waals surface area contributed by atoms with E-state index in [1.165, 1.54) is 12.8 Å². The van der Waals surface area contributed by atoms with Crippen molar-refractivity contribution in [3.8, 4) is 0 Å². The van der Waals surface area contributed by atoms with Gasteiger partial charge in [-0.15, -0.1) is 11.6 Å². The summed E-state index contributed by atoms with van der Waals surface area (Å²) in [7, 11) is 0. The number of nitrogens with two attached hydrogens (primary N) is 2. The van der Waals surface area contributed by atoms with Gasteiger partial charge in [-0.3, -0.25) is 0 Å². The smallest absolute Gasteiger partial charge is 0.548 e. The van der Waals surface area contributed by atoms with Crippen molar-refractivity contribution in [1.82, 2.24) is 0 Å². The quantitative estimate of drug-likeness (QED) is 0.118. The Morgan fingerprint density at radius 1 is 1.03 bits per heavy atom. The van der Waals surface area contributed by atoms with Crippen LogP contribution in [0.25, 0.3) is 0 Å². The minimum Gasteiger partial charge on any atom is -0.548 e. The van der Waals surface area contributed by atoms with Gasteiger partial charge >= 0.3 is 21.1 Å². The number of ether oxygens (including phenoxy) is 2. The number of aliphatic hydroxyl groups is 4. The second-order valence-electron chi connectivity index (χ2n) is 7.00. The zero-order valence-electron chi connectivity index (χ0n) is 15.9. The molecule has 178 valence electrons. The van der Waals surface area contributed by atoms with Crippen LogP contribution < -0.4 is 21.7 Å². The Kier molecular flexibility index (Phi) is 13.0. The number of rotatable bonds is 6. The molecular formula is C16H27ClN2O10Pt. The van der Waals surface area contributed by atoms with Crippen LogP contribution >= 0.6 is 11.6 Å². The van der Waals surface area contributed by atoms with Crippen molar-refractivity contribution in [2.75, 3.05) is 13.2 Å². The fourth-order valence-corrected chi connectivity index (χ4v) is 2.85. The van der Waals surface area contributed by atoms with E-state index in [9.17, 15) is 35.1 Å². The SMILES string of the molecule is N[C@@H]1CCCC[C@H]1N.O=C([O-])C(Cl)(CO[C@H]1O[C@H](CO)[C@@H](O)[C@H](O)[C@H]1O)C(=O)[O-].[Pt+2]. The third-order valence-corrected chi connectivity index (χ3v) is 5.23. The van der Waals surface area contributed by atoms with E-state index in [0.717, 1.165) is 12.8 Å². The van der Waals surface area contributed by atoms with Crippen molar-refractivity contribution >= 4 is 23.5 Å². The molecule has 12 nitrogen and oxygen atoms in total. The average Bonchev–Trinajstić information content (AvgIpc) is 2.68. The summed E-state index contributed by atoms with van der Waals surface area (Å²) in [5.41, 5.74) is 11.3. The molecule has 0 amide bonds. The number of carboxylic acids is 2. The summed E-state index contributed by atoms with van der Waals surface area (Å²) in [6, 6.07) is 0.562. The Hall–Kier alpha value is -0.402. The fraction of sp³-hybridized carbons (Fsp3) is 0.875. The van der Waals surface area contributed by atoms with Crippen molar-refractivity contribution in [2.45, 2.75) is 73.3 Å². The van der Waals surface area contributed by atoms with Crippen LogP contribution in [0, 0.1) is 0 Å².